The van der Waals surface area contributed by atoms with Crippen molar-refractivity contribution in [2.45, 2.75) is 39.8 Å². The number of carbonyl (C=O) groups excluding carboxylic acids is 1. The number of amides is 1. The molecular formula is C18H22N4OS2. The van der Waals surface area contributed by atoms with Crippen LogP contribution in [0, 0.1) is 0 Å². The number of rotatable bonds is 6. The summed E-state index contributed by atoms with van der Waals surface area (Å²) in [5.41, 5.74) is 2.51. The summed E-state index contributed by atoms with van der Waals surface area (Å²) in [5, 5.41) is 9.61. The Balaban J connectivity index is 1.75. The minimum atomic E-state index is -0.0214. The van der Waals surface area contributed by atoms with Crippen molar-refractivity contribution in [2.75, 3.05) is 7.05 Å². The van der Waals surface area contributed by atoms with Crippen LogP contribution in [0.5, 0.6) is 0 Å². The molecule has 5 nitrogen and oxygen atoms in total. The summed E-state index contributed by atoms with van der Waals surface area (Å²) in [6, 6.07) is 6.00. The molecule has 0 saturated carbocycles. The largest absolute Gasteiger partial charge is 0.334 e. The quantitative estimate of drug-likeness (QED) is 0.639. The molecule has 0 aromatic carbocycles. The van der Waals surface area contributed by atoms with E-state index in [1.165, 1.54) is 0 Å². The maximum absolute atomic E-state index is 12.8. The summed E-state index contributed by atoms with van der Waals surface area (Å²) in [5.74, 6) is 0.281. The van der Waals surface area contributed by atoms with Crippen LogP contribution in [0.25, 0.3) is 9.88 Å². The lowest BCUT2D eigenvalue weighted by molar-refractivity contribution is 0.0771. The van der Waals surface area contributed by atoms with E-state index in [1.54, 1.807) is 32.3 Å². The van der Waals surface area contributed by atoms with Gasteiger partial charge in [0.2, 0.25) is 0 Å². The van der Waals surface area contributed by atoms with E-state index >= 15 is 0 Å². The molecule has 0 bridgehead atoms. The second kappa shape index (κ2) is 7.49. The maximum Gasteiger partial charge on any atom is 0.272 e. The van der Waals surface area contributed by atoms with Gasteiger partial charge in [-0.15, -0.1) is 22.7 Å². The zero-order valence-electron chi connectivity index (χ0n) is 14.9. The van der Waals surface area contributed by atoms with Crippen LogP contribution in [0.15, 0.2) is 29.0 Å². The lowest BCUT2D eigenvalue weighted by Crippen LogP contribution is -2.28. The molecule has 25 heavy (non-hydrogen) atoms. The average molecular weight is 375 g/mol. The maximum atomic E-state index is 12.8. The Morgan fingerprint density at radius 2 is 2.16 bits per heavy atom. The van der Waals surface area contributed by atoms with Gasteiger partial charge in [0.15, 0.2) is 0 Å². The van der Waals surface area contributed by atoms with Crippen LogP contribution in [0.1, 0.15) is 48.6 Å². The first-order valence-electron chi connectivity index (χ1n) is 8.31. The van der Waals surface area contributed by atoms with Crippen LogP contribution in [-0.4, -0.2) is 32.6 Å². The molecule has 3 aromatic heterocycles. The van der Waals surface area contributed by atoms with Crippen LogP contribution in [-0.2, 0) is 13.1 Å². The molecule has 0 aliphatic heterocycles. The number of nitrogens with zero attached hydrogens (tertiary/aromatic N) is 4. The predicted molar refractivity (Wildman–Crippen MR) is 103 cm³/mol. The van der Waals surface area contributed by atoms with Crippen molar-refractivity contribution in [1.82, 2.24) is 19.7 Å². The van der Waals surface area contributed by atoms with Crippen LogP contribution in [0.2, 0.25) is 0 Å². The van der Waals surface area contributed by atoms with E-state index in [1.807, 2.05) is 36.9 Å². The molecule has 1 amide bonds. The van der Waals surface area contributed by atoms with E-state index in [0.29, 0.717) is 24.7 Å². The fourth-order valence-electron chi connectivity index (χ4n) is 2.54. The van der Waals surface area contributed by atoms with Gasteiger partial charge in [-0.1, -0.05) is 19.9 Å². The highest BCUT2D eigenvalue weighted by molar-refractivity contribution is 7.20. The SMILES string of the molecule is CCn1nc(C(C)C)cc1C(=O)N(C)Cc1csc(-c2cccs2)n1. The first-order valence-corrected chi connectivity index (χ1v) is 10.1. The Hall–Kier alpha value is -1.99. The molecule has 0 atom stereocenters. The lowest BCUT2D eigenvalue weighted by atomic mass is 10.1. The lowest BCUT2D eigenvalue weighted by Gasteiger charge is -2.16. The standard InChI is InChI=1S/C18H22N4OS2/c1-5-22-15(9-14(20-22)12(2)3)18(23)21(4)10-13-11-25-17(19-13)16-7-6-8-24-16/h6-9,11-12H,5,10H2,1-4H3. The zero-order valence-corrected chi connectivity index (χ0v) is 16.5. The topological polar surface area (TPSA) is 51.0 Å². The summed E-state index contributed by atoms with van der Waals surface area (Å²) >= 11 is 3.29. The Kier molecular flexibility index (Phi) is 5.34. The average Bonchev–Trinajstić information content (AvgIpc) is 3.32. The third-order valence-corrected chi connectivity index (χ3v) is 5.87. The molecule has 3 heterocycles. The normalized spacial score (nSPS) is 11.2. The van der Waals surface area contributed by atoms with Crippen LogP contribution in [0.4, 0.5) is 0 Å². The first kappa shape index (κ1) is 17.8. The van der Waals surface area contributed by atoms with E-state index in [0.717, 1.165) is 21.3 Å². The molecule has 0 N–H and O–H groups in total. The van der Waals surface area contributed by atoms with E-state index in [4.69, 9.17) is 0 Å². The van der Waals surface area contributed by atoms with Gasteiger partial charge < -0.3 is 4.90 Å². The molecule has 3 rings (SSSR count). The third-order valence-electron chi connectivity index (χ3n) is 3.94. The van der Waals surface area contributed by atoms with Gasteiger partial charge in [-0.2, -0.15) is 5.10 Å². The fourth-order valence-corrected chi connectivity index (χ4v) is 4.16. The molecule has 3 aromatic rings. The number of hydrogen-bond acceptors (Lipinski definition) is 5. The molecule has 0 spiro atoms. The van der Waals surface area contributed by atoms with Crippen molar-refractivity contribution in [3.05, 3.63) is 46.0 Å². The van der Waals surface area contributed by atoms with Crippen molar-refractivity contribution < 1.29 is 4.79 Å². The Bertz CT molecular complexity index is 848. The van der Waals surface area contributed by atoms with Crippen molar-refractivity contribution in [3.8, 4) is 9.88 Å². The Morgan fingerprint density at radius 1 is 1.36 bits per heavy atom. The third kappa shape index (κ3) is 3.82. The summed E-state index contributed by atoms with van der Waals surface area (Å²) < 4.78 is 1.78. The van der Waals surface area contributed by atoms with Gasteiger partial charge >= 0.3 is 0 Å². The zero-order chi connectivity index (χ0) is 18.0. The van der Waals surface area contributed by atoms with Crippen LogP contribution >= 0.6 is 22.7 Å². The summed E-state index contributed by atoms with van der Waals surface area (Å²) in [7, 11) is 1.81. The molecule has 7 heteroatoms. The Morgan fingerprint density at radius 3 is 2.80 bits per heavy atom. The highest BCUT2D eigenvalue weighted by Gasteiger charge is 2.20. The molecule has 132 valence electrons. The highest BCUT2D eigenvalue weighted by atomic mass is 32.1. The van der Waals surface area contributed by atoms with Crippen LogP contribution in [0.3, 0.4) is 0 Å². The smallest absolute Gasteiger partial charge is 0.272 e. The van der Waals surface area contributed by atoms with Crippen molar-refractivity contribution >= 4 is 28.6 Å². The van der Waals surface area contributed by atoms with E-state index < -0.39 is 0 Å². The van der Waals surface area contributed by atoms with Gasteiger partial charge in [0.05, 0.1) is 22.8 Å². The highest BCUT2D eigenvalue weighted by Crippen LogP contribution is 2.28. The second-order valence-electron chi connectivity index (χ2n) is 6.21. The van der Waals surface area contributed by atoms with Gasteiger partial charge in [-0.25, -0.2) is 4.98 Å². The van der Waals surface area contributed by atoms with Gasteiger partial charge in [-0.3, -0.25) is 9.48 Å². The minimum Gasteiger partial charge on any atom is -0.334 e. The van der Waals surface area contributed by atoms with Gasteiger partial charge in [0.1, 0.15) is 10.7 Å². The van der Waals surface area contributed by atoms with Gasteiger partial charge in [-0.05, 0) is 30.4 Å². The Labute approximate surface area is 155 Å². The fraction of sp³-hybridized carbons (Fsp3) is 0.389. The molecule has 0 aliphatic carbocycles. The monoisotopic (exact) mass is 374 g/mol. The van der Waals surface area contributed by atoms with Gasteiger partial charge in [0, 0.05) is 19.0 Å². The number of aromatic nitrogens is 3. The molecule has 0 radical (unpaired) electrons. The molecule has 0 unspecified atom stereocenters. The number of thiazole rings is 1. The van der Waals surface area contributed by atoms with E-state index in [2.05, 4.69) is 30.0 Å². The van der Waals surface area contributed by atoms with E-state index in [9.17, 15) is 4.79 Å². The van der Waals surface area contributed by atoms with Crippen molar-refractivity contribution in [1.29, 1.82) is 0 Å². The summed E-state index contributed by atoms with van der Waals surface area (Å²) in [6.45, 7) is 7.35. The van der Waals surface area contributed by atoms with Crippen molar-refractivity contribution in [2.24, 2.45) is 0 Å². The van der Waals surface area contributed by atoms with Crippen LogP contribution < -0.4 is 0 Å². The molecule has 0 aliphatic rings. The molecule has 0 fully saturated rings. The van der Waals surface area contributed by atoms with Crippen molar-refractivity contribution in [3.63, 3.8) is 0 Å². The predicted octanol–water partition coefficient (Wildman–Crippen LogP) is 4.48. The second-order valence-corrected chi connectivity index (χ2v) is 8.01. The molecule has 0 saturated heterocycles. The van der Waals surface area contributed by atoms with E-state index in [-0.39, 0.29) is 5.91 Å². The summed E-state index contributed by atoms with van der Waals surface area (Å²) in [6.07, 6.45) is 0. The summed E-state index contributed by atoms with van der Waals surface area (Å²) in [4.78, 5) is 20.4. The minimum absolute atomic E-state index is 0.0214. The van der Waals surface area contributed by atoms with Gasteiger partial charge in [0.25, 0.3) is 5.91 Å². The number of carbonyl (C=O) groups is 1. The number of aryl methyl sites for hydroxylation is 1. The number of thiophene rings is 1. The first-order chi connectivity index (χ1) is 12.0. The number of hydrogen-bond donors (Lipinski definition) is 0. The molecular weight excluding hydrogens is 352 g/mol.